The second-order valence-electron chi connectivity index (χ2n) is 9.46. The first kappa shape index (κ1) is 17.1. The van der Waals surface area contributed by atoms with Gasteiger partial charge in [-0.2, -0.15) is 0 Å². The van der Waals surface area contributed by atoms with Crippen molar-refractivity contribution in [1.29, 1.82) is 0 Å². The second kappa shape index (κ2) is 6.26. The number of allylic oxidation sites excluding steroid dienone is 1. The highest BCUT2D eigenvalue weighted by atomic mass is 16.3. The van der Waals surface area contributed by atoms with E-state index in [-0.39, 0.29) is 0 Å². The lowest BCUT2D eigenvalue weighted by molar-refractivity contribution is 0.0705. The molecule has 0 aromatic heterocycles. The predicted molar refractivity (Wildman–Crippen MR) is 112 cm³/mol. The lowest BCUT2D eigenvalue weighted by Gasteiger charge is -2.52. The molecule has 4 aliphatic carbocycles. The second-order valence-corrected chi connectivity index (χ2v) is 9.46. The zero-order valence-electron chi connectivity index (χ0n) is 16.8. The van der Waals surface area contributed by atoms with E-state index in [1.54, 1.807) is 5.57 Å². The van der Waals surface area contributed by atoms with Crippen molar-refractivity contribution >= 4 is 5.57 Å². The molecular weight excluding hydrogens is 328 g/mol. The first-order valence-corrected chi connectivity index (χ1v) is 10.6. The van der Waals surface area contributed by atoms with Crippen LogP contribution in [-0.4, -0.2) is 5.11 Å². The zero-order chi connectivity index (χ0) is 18.7. The summed E-state index contributed by atoms with van der Waals surface area (Å²) in [6, 6.07) is 13.5. The summed E-state index contributed by atoms with van der Waals surface area (Å²) < 4.78 is 0. The molecule has 27 heavy (non-hydrogen) atoms. The maximum absolute atomic E-state index is 10.3. The molecule has 6 rings (SSSR count). The van der Waals surface area contributed by atoms with Crippen LogP contribution in [0.2, 0.25) is 0 Å². The third-order valence-corrected chi connectivity index (χ3v) is 7.43. The Bertz CT molecular complexity index is 863. The fourth-order valence-electron chi connectivity index (χ4n) is 6.42. The number of phenols is 1. The fraction of sp³-hybridized carbons (Fsp3) is 0.462. The lowest BCUT2D eigenvalue weighted by atomic mass is 9.53. The SMILES string of the molecule is Cc1ccc(C(=C2C3CC4CC(C3)CC2C4)c2cc(C)c(O)c(C)c2)cc1. The minimum atomic E-state index is 0.442. The Morgan fingerprint density at radius 2 is 1.26 bits per heavy atom. The summed E-state index contributed by atoms with van der Waals surface area (Å²) in [4.78, 5) is 0. The van der Waals surface area contributed by atoms with Crippen LogP contribution in [0.3, 0.4) is 0 Å². The summed E-state index contributed by atoms with van der Waals surface area (Å²) >= 11 is 0. The van der Waals surface area contributed by atoms with Crippen molar-refractivity contribution in [2.45, 2.75) is 52.9 Å². The van der Waals surface area contributed by atoms with Gasteiger partial charge in [0.2, 0.25) is 0 Å². The third-order valence-electron chi connectivity index (χ3n) is 7.43. The molecule has 1 nitrogen and oxygen atoms in total. The molecule has 4 saturated carbocycles. The molecule has 140 valence electrons. The number of rotatable bonds is 2. The summed E-state index contributed by atoms with van der Waals surface area (Å²) in [5.74, 6) is 3.92. The number of aryl methyl sites for hydroxylation is 3. The molecule has 4 aliphatic rings. The molecule has 1 heteroatoms. The van der Waals surface area contributed by atoms with Crippen molar-refractivity contribution < 1.29 is 5.11 Å². The fourth-order valence-corrected chi connectivity index (χ4v) is 6.42. The molecule has 4 fully saturated rings. The molecule has 2 aromatic carbocycles. The van der Waals surface area contributed by atoms with Crippen LogP contribution in [0.4, 0.5) is 0 Å². The van der Waals surface area contributed by atoms with E-state index in [0.29, 0.717) is 5.75 Å². The number of phenolic OH excluding ortho intramolecular Hbond substituents is 1. The van der Waals surface area contributed by atoms with Gasteiger partial charge in [0.15, 0.2) is 0 Å². The lowest BCUT2D eigenvalue weighted by Crippen LogP contribution is -2.40. The van der Waals surface area contributed by atoms with Gasteiger partial charge in [-0.05, 0) is 117 Å². The van der Waals surface area contributed by atoms with Gasteiger partial charge < -0.3 is 5.11 Å². The van der Waals surface area contributed by atoms with Gasteiger partial charge in [0.25, 0.3) is 0 Å². The van der Waals surface area contributed by atoms with Crippen molar-refractivity contribution in [3.63, 3.8) is 0 Å². The van der Waals surface area contributed by atoms with Crippen molar-refractivity contribution in [3.8, 4) is 5.75 Å². The molecule has 0 amide bonds. The first-order chi connectivity index (χ1) is 13.0. The smallest absolute Gasteiger partial charge is 0.121 e. The Kier molecular flexibility index (Phi) is 3.96. The molecule has 0 saturated heterocycles. The average Bonchev–Trinajstić information content (AvgIpc) is 2.63. The average molecular weight is 359 g/mol. The highest BCUT2D eigenvalue weighted by molar-refractivity contribution is 5.84. The van der Waals surface area contributed by atoms with Crippen molar-refractivity contribution in [3.05, 3.63) is 69.8 Å². The molecule has 4 bridgehead atoms. The Labute approximate surface area is 163 Å². The van der Waals surface area contributed by atoms with Crippen LogP contribution in [0, 0.1) is 44.4 Å². The summed E-state index contributed by atoms with van der Waals surface area (Å²) in [6.45, 7) is 6.22. The first-order valence-electron chi connectivity index (χ1n) is 10.6. The van der Waals surface area contributed by atoms with Crippen LogP contribution >= 0.6 is 0 Å². The topological polar surface area (TPSA) is 20.2 Å². The number of benzene rings is 2. The van der Waals surface area contributed by atoms with E-state index < -0.39 is 0 Å². The Morgan fingerprint density at radius 3 is 1.78 bits per heavy atom. The van der Waals surface area contributed by atoms with E-state index in [4.69, 9.17) is 0 Å². The van der Waals surface area contributed by atoms with Gasteiger partial charge in [-0.3, -0.25) is 0 Å². The van der Waals surface area contributed by atoms with Crippen LogP contribution in [0.1, 0.15) is 59.9 Å². The van der Waals surface area contributed by atoms with Gasteiger partial charge in [0, 0.05) is 0 Å². The molecule has 0 heterocycles. The van der Waals surface area contributed by atoms with Gasteiger partial charge in [-0.25, -0.2) is 0 Å². The quantitative estimate of drug-likeness (QED) is 0.643. The molecule has 0 atom stereocenters. The van der Waals surface area contributed by atoms with E-state index >= 15 is 0 Å². The summed E-state index contributed by atoms with van der Waals surface area (Å²) in [5.41, 5.74) is 9.14. The molecule has 0 radical (unpaired) electrons. The van der Waals surface area contributed by atoms with E-state index in [1.165, 1.54) is 54.4 Å². The summed E-state index contributed by atoms with van der Waals surface area (Å²) in [7, 11) is 0. The number of hydrogen-bond acceptors (Lipinski definition) is 1. The van der Waals surface area contributed by atoms with Crippen LogP contribution in [0.25, 0.3) is 5.57 Å². The monoisotopic (exact) mass is 358 g/mol. The minimum absolute atomic E-state index is 0.442. The maximum Gasteiger partial charge on any atom is 0.121 e. The Balaban J connectivity index is 1.73. The molecule has 2 aromatic rings. The predicted octanol–water partition coefficient (Wildman–Crippen LogP) is 6.58. The van der Waals surface area contributed by atoms with Crippen molar-refractivity contribution in [2.75, 3.05) is 0 Å². The van der Waals surface area contributed by atoms with Gasteiger partial charge in [-0.15, -0.1) is 0 Å². The maximum atomic E-state index is 10.3. The standard InChI is InChI=1S/C26H30O/c1-15-4-6-20(7-5-15)24(21-8-16(2)26(27)17(3)9-21)25-22-11-18-10-19(13-22)14-23(25)12-18/h4-9,18-19,22-23,27H,10-14H2,1-3H3. The molecule has 0 aliphatic heterocycles. The normalized spacial score (nSPS) is 28.6. The molecule has 0 spiro atoms. The van der Waals surface area contributed by atoms with Gasteiger partial charge in [0.1, 0.15) is 5.75 Å². The zero-order valence-corrected chi connectivity index (χ0v) is 16.8. The summed E-state index contributed by atoms with van der Waals surface area (Å²) in [5, 5.41) is 10.3. The third kappa shape index (κ3) is 2.83. The minimum Gasteiger partial charge on any atom is -0.507 e. The Morgan fingerprint density at radius 1 is 0.741 bits per heavy atom. The molecular formula is C26H30O. The largest absolute Gasteiger partial charge is 0.507 e. The van der Waals surface area contributed by atoms with Crippen molar-refractivity contribution in [1.82, 2.24) is 0 Å². The molecule has 0 unspecified atom stereocenters. The number of hydrogen-bond donors (Lipinski definition) is 1. The van der Waals surface area contributed by atoms with Gasteiger partial charge >= 0.3 is 0 Å². The van der Waals surface area contributed by atoms with E-state index in [9.17, 15) is 5.11 Å². The Hall–Kier alpha value is -2.02. The van der Waals surface area contributed by atoms with Crippen LogP contribution in [0.5, 0.6) is 5.75 Å². The van der Waals surface area contributed by atoms with E-state index in [0.717, 1.165) is 34.8 Å². The van der Waals surface area contributed by atoms with E-state index in [1.807, 2.05) is 13.8 Å². The van der Waals surface area contributed by atoms with Crippen LogP contribution < -0.4 is 0 Å². The van der Waals surface area contributed by atoms with Crippen molar-refractivity contribution in [2.24, 2.45) is 23.7 Å². The summed E-state index contributed by atoms with van der Waals surface area (Å²) in [6.07, 6.45) is 7.07. The van der Waals surface area contributed by atoms with Crippen LogP contribution in [-0.2, 0) is 0 Å². The highest BCUT2D eigenvalue weighted by Crippen LogP contribution is 2.58. The van der Waals surface area contributed by atoms with Gasteiger partial charge in [0.05, 0.1) is 0 Å². The van der Waals surface area contributed by atoms with Gasteiger partial charge in [-0.1, -0.05) is 35.4 Å². The van der Waals surface area contributed by atoms with E-state index in [2.05, 4.69) is 43.3 Å². The van der Waals surface area contributed by atoms with Crippen LogP contribution in [0.15, 0.2) is 42.0 Å². The molecule has 1 N–H and O–H groups in total. The highest BCUT2D eigenvalue weighted by Gasteiger charge is 2.46. The number of aromatic hydroxyl groups is 1.